The number of isocyanates is 1. The number of hydrogen-bond acceptors (Lipinski definition) is 4. The van der Waals surface area contributed by atoms with Gasteiger partial charge < -0.3 is 0 Å². The van der Waals surface area contributed by atoms with Gasteiger partial charge in [-0.3, -0.25) is 0 Å². The molecule has 1 heterocycles. The van der Waals surface area contributed by atoms with Crippen molar-refractivity contribution in [3.8, 4) is 5.69 Å². The third-order valence-corrected chi connectivity index (χ3v) is 3.22. The van der Waals surface area contributed by atoms with Gasteiger partial charge in [-0.25, -0.2) is 4.79 Å². The minimum Gasteiger partial charge on any atom is -0.211 e. The van der Waals surface area contributed by atoms with E-state index in [2.05, 4.69) is 15.1 Å². The van der Waals surface area contributed by atoms with Gasteiger partial charge in [-0.15, -0.1) is 10.1 Å². The van der Waals surface area contributed by atoms with Crippen LogP contribution in [0.5, 0.6) is 0 Å². The molecule has 0 atom stereocenters. The second-order valence-electron chi connectivity index (χ2n) is 4.79. The quantitative estimate of drug-likeness (QED) is 0.440. The van der Waals surface area contributed by atoms with Crippen molar-refractivity contribution in [1.29, 1.82) is 0 Å². The smallest absolute Gasteiger partial charge is 0.211 e. The number of aliphatic imine (C=N–C) groups is 1. The van der Waals surface area contributed by atoms with E-state index in [4.69, 9.17) is 15.5 Å². The lowest BCUT2D eigenvalue weighted by Crippen LogP contribution is -2.40. The summed E-state index contributed by atoms with van der Waals surface area (Å²) in [7, 11) is 12.9. The third-order valence-electron chi connectivity index (χ3n) is 3.22. The van der Waals surface area contributed by atoms with Crippen molar-refractivity contribution in [3.05, 3.63) is 29.1 Å². The van der Waals surface area contributed by atoms with Crippen LogP contribution in [0.3, 0.4) is 0 Å². The molecule has 2 aromatic rings. The Morgan fingerprint density at radius 2 is 2.05 bits per heavy atom. The fourth-order valence-electron chi connectivity index (χ4n) is 2.19. The van der Waals surface area contributed by atoms with E-state index in [0.717, 1.165) is 22.3 Å². The molecule has 0 bridgehead atoms. The van der Waals surface area contributed by atoms with Gasteiger partial charge in [0.25, 0.3) is 5.95 Å². The van der Waals surface area contributed by atoms with Crippen LogP contribution >= 0.6 is 0 Å². The molecule has 1 aromatic heterocycles. The minimum atomic E-state index is -0.331. The molecule has 0 N–H and O–H groups in total. The van der Waals surface area contributed by atoms with Crippen LogP contribution in [0.1, 0.15) is 17.0 Å². The molecule has 9 heteroatoms. The van der Waals surface area contributed by atoms with Crippen molar-refractivity contribution in [1.82, 2.24) is 14.8 Å². The molecular weight excluding hydrogens is 259 g/mol. The second-order valence-corrected chi connectivity index (χ2v) is 4.79. The first kappa shape index (κ1) is 15.4. The van der Waals surface area contributed by atoms with Crippen LogP contribution in [0.15, 0.2) is 17.1 Å². The van der Waals surface area contributed by atoms with E-state index in [0.29, 0.717) is 5.82 Å². The molecule has 5 nitrogen and oxygen atoms in total. The molecular formula is C12H11B4N4O. The number of benzene rings is 1. The van der Waals surface area contributed by atoms with Crippen molar-refractivity contribution >= 4 is 46.5 Å². The first-order valence-electron chi connectivity index (χ1n) is 6.41. The molecule has 21 heavy (non-hydrogen) atoms. The van der Waals surface area contributed by atoms with Crippen molar-refractivity contribution < 1.29 is 4.79 Å². The van der Waals surface area contributed by atoms with Gasteiger partial charge in [-0.1, -0.05) is 17.1 Å². The maximum absolute atomic E-state index is 10.5. The maximum Gasteiger partial charge on any atom is 0.264 e. The second kappa shape index (κ2) is 6.19. The van der Waals surface area contributed by atoms with Crippen molar-refractivity contribution in [3.63, 3.8) is 0 Å². The predicted molar refractivity (Wildman–Crippen MR) is 86.0 cm³/mol. The molecule has 5 radical (unpaired) electrons. The number of nitrogens with zero attached hydrogens (tertiary/aromatic N) is 4. The van der Waals surface area contributed by atoms with Crippen LogP contribution in [-0.2, 0) is 4.79 Å². The third kappa shape index (κ3) is 3.03. The van der Waals surface area contributed by atoms with Gasteiger partial charge in [0.05, 0.1) is 12.2 Å². The minimum absolute atomic E-state index is 0.201. The molecule has 0 unspecified atom stereocenters. The molecule has 0 aliphatic rings. The van der Waals surface area contributed by atoms with E-state index in [9.17, 15) is 4.79 Å². The molecule has 2 rings (SSSR count). The number of hydrogen-bond donors (Lipinski definition) is 0. The van der Waals surface area contributed by atoms with E-state index >= 15 is 0 Å². The van der Waals surface area contributed by atoms with Crippen molar-refractivity contribution in [2.75, 3.05) is 0 Å². The average molecular weight is 270 g/mol. The summed E-state index contributed by atoms with van der Waals surface area (Å²) in [5.41, 5.74) is 3.63. The lowest BCUT2D eigenvalue weighted by atomic mass is 9.03. The lowest BCUT2D eigenvalue weighted by Gasteiger charge is -2.15. The van der Waals surface area contributed by atoms with Crippen LogP contribution < -0.4 is 5.46 Å². The van der Waals surface area contributed by atoms with Crippen LogP contribution in [0.2, 0.25) is 0 Å². The van der Waals surface area contributed by atoms with Crippen LogP contribution in [0.25, 0.3) is 5.69 Å². The highest BCUT2D eigenvalue weighted by atomic mass is 16.1. The Balaban J connectivity index is 2.60. The maximum atomic E-state index is 10.5. The first-order chi connectivity index (χ1) is 9.97. The van der Waals surface area contributed by atoms with E-state index < -0.39 is 0 Å². The van der Waals surface area contributed by atoms with Crippen LogP contribution in [-0.4, -0.2) is 49.9 Å². The molecule has 1 aromatic carbocycles. The summed E-state index contributed by atoms with van der Waals surface area (Å²) >= 11 is 0. The zero-order chi connectivity index (χ0) is 15.6. The molecule has 0 spiro atoms. The summed E-state index contributed by atoms with van der Waals surface area (Å²) in [4.78, 5) is 18.2. The van der Waals surface area contributed by atoms with Gasteiger partial charge in [0, 0.05) is 22.5 Å². The summed E-state index contributed by atoms with van der Waals surface area (Å²) in [6.07, 6.45) is 1.49. The number of aromatic nitrogens is 3. The summed E-state index contributed by atoms with van der Waals surface area (Å²) in [5.74, 6) is 0.726. The monoisotopic (exact) mass is 271 g/mol. The Kier molecular flexibility index (Phi) is 4.53. The summed E-state index contributed by atoms with van der Waals surface area (Å²) < 4.78 is 1.52. The highest BCUT2D eigenvalue weighted by molar-refractivity contribution is 7.50. The molecule has 0 aliphatic heterocycles. The molecule has 0 fully saturated rings. The number of aryl methyl sites for hydroxylation is 3. The van der Waals surface area contributed by atoms with Gasteiger partial charge in [0.1, 0.15) is 5.82 Å². The number of rotatable bonds is 4. The Bertz CT molecular complexity index is 724. The number of carbonyl (C=O) groups excluding carboxylic acids is 1. The fraction of sp³-hybridized carbons (Fsp3) is 0.250. The van der Waals surface area contributed by atoms with E-state index in [1.165, 1.54) is 17.8 Å². The van der Waals surface area contributed by atoms with Crippen LogP contribution in [0.4, 0.5) is 5.95 Å². The highest BCUT2D eigenvalue weighted by Crippen LogP contribution is 2.20. The zero-order valence-corrected chi connectivity index (χ0v) is 12.2. The largest absolute Gasteiger partial charge is 0.264 e. The van der Waals surface area contributed by atoms with Gasteiger partial charge in [-0.05, 0) is 32.4 Å². The van der Waals surface area contributed by atoms with Crippen molar-refractivity contribution in [2.24, 2.45) is 4.99 Å². The fourth-order valence-corrected chi connectivity index (χ4v) is 2.19. The summed E-state index contributed by atoms with van der Waals surface area (Å²) in [6, 6.07) is 3.87. The highest BCUT2D eigenvalue weighted by Gasteiger charge is 2.15. The van der Waals surface area contributed by atoms with E-state index in [1.54, 1.807) is 6.92 Å². The Hall–Kier alpha value is -2.00. The Morgan fingerprint density at radius 3 is 2.67 bits per heavy atom. The normalized spacial score (nSPS) is 10.0. The first-order valence-corrected chi connectivity index (χ1v) is 6.41. The van der Waals surface area contributed by atoms with Gasteiger partial charge in [0.15, 0.2) is 0 Å². The lowest BCUT2D eigenvalue weighted by molar-refractivity contribution is 0.565. The topological polar surface area (TPSA) is 60.1 Å². The summed E-state index contributed by atoms with van der Waals surface area (Å²) in [6.45, 7) is 5.26. The van der Waals surface area contributed by atoms with Gasteiger partial charge in [0.2, 0.25) is 6.08 Å². The predicted octanol–water partition coefficient (Wildman–Crippen LogP) is -0.189. The Morgan fingerprint density at radius 1 is 1.33 bits per heavy atom. The average Bonchev–Trinajstić information content (AvgIpc) is 2.81. The molecule has 0 amide bonds. The SMILES string of the molecule is [B][B]B([B])c1cc(C)c(-n2nc(C)nc2N=C=O)cc1C. The van der Waals surface area contributed by atoms with Crippen LogP contribution in [0, 0.1) is 20.8 Å². The molecule has 0 saturated carbocycles. The van der Waals surface area contributed by atoms with E-state index in [-0.39, 0.29) is 12.4 Å². The Labute approximate surface area is 127 Å². The van der Waals surface area contributed by atoms with Gasteiger partial charge in [-0.2, -0.15) is 9.67 Å². The zero-order valence-electron chi connectivity index (χ0n) is 12.2. The van der Waals surface area contributed by atoms with Gasteiger partial charge >= 0.3 is 0 Å². The molecule has 0 aliphatic carbocycles. The van der Waals surface area contributed by atoms with Crippen molar-refractivity contribution in [2.45, 2.75) is 20.8 Å². The molecule has 97 valence electrons. The standard InChI is InChI=1S/C12H11B4N4O/c1-7-5-11(8(2)4-10(7)16(14)15-13)20-12(17-6-21)18-9(3)19-20/h4-5H,1-3H3. The summed E-state index contributed by atoms with van der Waals surface area (Å²) in [5, 5.41) is 4.27. The molecule has 0 saturated heterocycles. The van der Waals surface area contributed by atoms with E-state index in [1.807, 2.05) is 26.0 Å².